The third kappa shape index (κ3) is 5.09. The molecule has 0 atom stereocenters. The standard InChI is InChI=1S/C26H28N6O4S/c1-14(2)24(33)30-18-6-5-15(9-20(18)32(34)35)7-8-27-23-22-21(28-13-29-23)17-10-16-12-36-26(3,4)11-19(16)31-25(17)37-22/h5-6,9-10,13-14H,7-8,11-12H2,1-4H3,(H,30,33)(H,27,28,29). The Kier molecular flexibility index (Phi) is 6.50. The van der Waals surface area contributed by atoms with E-state index in [-0.39, 0.29) is 28.8 Å². The van der Waals surface area contributed by atoms with Crippen molar-refractivity contribution in [3.05, 3.63) is 57.5 Å². The molecule has 3 aromatic heterocycles. The van der Waals surface area contributed by atoms with Gasteiger partial charge in [-0.1, -0.05) is 19.9 Å². The Hall–Kier alpha value is -3.70. The molecule has 0 bridgehead atoms. The summed E-state index contributed by atoms with van der Waals surface area (Å²) < 4.78 is 6.88. The maximum atomic E-state index is 12.0. The average Bonchev–Trinajstić information content (AvgIpc) is 3.21. The number of carbonyl (C=O) groups excluding carboxylic acids is 1. The summed E-state index contributed by atoms with van der Waals surface area (Å²) in [5, 5.41) is 18.6. The second kappa shape index (κ2) is 9.64. The second-order valence-electron chi connectivity index (χ2n) is 10.1. The van der Waals surface area contributed by atoms with E-state index in [2.05, 4.69) is 40.5 Å². The Labute approximate surface area is 217 Å². The van der Waals surface area contributed by atoms with Crippen LogP contribution in [0.15, 0.2) is 30.6 Å². The number of benzene rings is 1. The lowest BCUT2D eigenvalue weighted by Crippen LogP contribution is -2.32. The van der Waals surface area contributed by atoms with E-state index >= 15 is 0 Å². The lowest BCUT2D eigenvalue weighted by Gasteiger charge is -2.30. The van der Waals surface area contributed by atoms with E-state index in [0.29, 0.717) is 25.4 Å². The highest BCUT2D eigenvalue weighted by molar-refractivity contribution is 7.25. The van der Waals surface area contributed by atoms with Gasteiger partial charge in [-0.2, -0.15) is 0 Å². The van der Waals surface area contributed by atoms with Crippen LogP contribution in [-0.2, 0) is 29.0 Å². The lowest BCUT2D eigenvalue weighted by atomic mass is 9.95. The predicted octanol–water partition coefficient (Wildman–Crippen LogP) is 5.25. The van der Waals surface area contributed by atoms with E-state index in [4.69, 9.17) is 9.72 Å². The maximum absolute atomic E-state index is 12.0. The first-order valence-corrected chi connectivity index (χ1v) is 12.9. The molecule has 37 heavy (non-hydrogen) atoms. The first kappa shape index (κ1) is 25.0. The number of thiophene rings is 1. The van der Waals surface area contributed by atoms with E-state index < -0.39 is 4.92 Å². The van der Waals surface area contributed by atoms with Gasteiger partial charge in [0.2, 0.25) is 5.91 Å². The molecule has 0 radical (unpaired) electrons. The minimum atomic E-state index is -0.475. The van der Waals surface area contributed by atoms with Gasteiger partial charge in [-0.15, -0.1) is 11.3 Å². The van der Waals surface area contributed by atoms with E-state index in [0.717, 1.165) is 43.7 Å². The van der Waals surface area contributed by atoms with Gasteiger partial charge in [0.25, 0.3) is 5.69 Å². The number of hydrogen-bond acceptors (Lipinski definition) is 9. The molecule has 1 aromatic carbocycles. The van der Waals surface area contributed by atoms with Crippen molar-refractivity contribution in [3.8, 4) is 0 Å². The van der Waals surface area contributed by atoms with Crippen LogP contribution in [-0.4, -0.2) is 37.9 Å². The van der Waals surface area contributed by atoms with Gasteiger partial charge < -0.3 is 15.4 Å². The third-order valence-electron chi connectivity index (χ3n) is 6.37. The Morgan fingerprint density at radius 1 is 1.27 bits per heavy atom. The van der Waals surface area contributed by atoms with E-state index in [9.17, 15) is 14.9 Å². The SMILES string of the molecule is CC(C)C(=O)Nc1ccc(CCNc2ncnc3c2sc2nc4c(cc23)COC(C)(C)C4)cc1[N+](=O)[O-]. The second-order valence-corrected chi connectivity index (χ2v) is 11.1. The van der Waals surface area contributed by atoms with Crippen LogP contribution in [0.5, 0.6) is 0 Å². The topological polar surface area (TPSA) is 132 Å². The zero-order valence-corrected chi connectivity index (χ0v) is 21.9. The number of pyridine rings is 1. The molecule has 192 valence electrons. The van der Waals surface area contributed by atoms with E-state index in [1.807, 2.05) is 0 Å². The molecule has 0 fully saturated rings. The Balaban J connectivity index is 1.35. The Bertz CT molecular complexity index is 1530. The number of ether oxygens (including phenoxy) is 1. The minimum absolute atomic E-state index is 0.123. The van der Waals surface area contributed by atoms with Crippen molar-refractivity contribution in [1.29, 1.82) is 0 Å². The quantitative estimate of drug-likeness (QED) is 0.249. The summed E-state index contributed by atoms with van der Waals surface area (Å²) >= 11 is 1.55. The number of carbonyl (C=O) groups is 1. The summed E-state index contributed by atoms with van der Waals surface area (Å²) in [5.41, 5.74) is 3.62. The largest absolute Gasteiger partial charge is 0.370 e. The molecule has 11 heteroatoms. The molecule has 4 heterocycles. The fraction of sp³-hybridized carbons (Fsp3) is 0.385. The fourth-order valence-corrected chi connectivity index (χ4v) is 5.40. The van der Waals surface area contributed by atoms with Gasteiger partial charge in [0.05, 0.1) is 33.0 Å². The zero-order chi connectivity index (χ0) is 26.3. The maximum Gasteiger partial charge on any atom is 0.293 e. The third-order valence-corrected chi connectivity index (χ3v) is 7.47. The fourth-order valence-electron chi connectivity index (χ4n) is 4.30. The van der Waals surface area contributed by atoms with Gasteiger partial charge >= 0.3 is 0 Å². The van der Waals surface area contributed by atoms with Crippen LogP contribution >= 0.6 is 11.3 Å². The molecule has 10 nitrogen and oxygen atoms in total. The van der Waals surface area contributed by atoms with Crippen LogP contribution in [0.25, 0.3) is 20.4 Å². The van der Waals surface area contributed by atoms with E-state index in [1.165, 1.54) is 12.4 Å². The molecule has 0 aliphatic carbocycles. The van der Waals surface area contributed by atoms with Crippen molar-refractivity contribution >= 4 is 54.9 Å². The number of amides is 1. The summed E-state index contributed by atoms with van der Waals surface area (Å²) in [7, 11) is 0. The van der Waals surface area contributed by atoms with Crippen LogP contribution in [0.2, 0.25) is 0 Å². The summed E-state index contributed by atoms with van der Waals surface area (Å²) in [6.07, 6.45) is 2.83. The minimum Gasteiger partial charge on any atom is -0.370 e. The van der Waals surface area contributed by atoms with Crippen molar-refractivity contribution < 1.29 is 14.5 Å². The number of fused-ring (bicyclic) bond motifs is 4. The van der Waals surface area contributed by atoms with Gasteiger partial charge in [0.1, 0.15) is 22.7 Å². The van der Waals surface area contributed by atoms with Gasteiger partial charge in [0.15, 0.2) is 0 Å². The van der Waals surface area contributed by atoms with E-state index in [1.54, 1.807) is 37.3 Å². The van der Waals surface area contributed by atoms with Gasteiger partial charge in [-0.3, -0.25) is 14.9 Å². The normalized spacial score (nSPS) is 14.6. The molecule has 0 spiro atoms. The number of rotatable bonds is 7. The number of hydrogen-bond donors (Lipinski definition) is 2. The van der Waals surface area contributed by atoms with Gasteiger partial charge in [-0.05, 0) is 38.0 Å². The first-order valence-electron chi connectivity index (χ1n) is 12.1. The molecule has 5 rings (SSSR count). The van der Waals surface area contributed by atoms with Crippen molar-refractivity contribution in [2.45, 2.75) is 52.7 Å². The molecule has 4 aromatic rings. The monoisotopic (exact) mass is 520 g/mol. The number of nitrogens with zero attached hydrogens (tertiary/aromatic N) is 4. The lowest BCUT2D eigenvalue weighted by molar-refractivity contribution is -0.384. The van der Waals surface area contributed by atoms with Crippen molar-refractivity contribution in [3.63, 3.8) is 0 Å². The molecular weight excluding hydrogens is 492 g/mol. The Morgan fingerprint density at radius 2 is 2.08 bits per heavy atom. The highest BCUT2D eigenvalue weighted by Gasteiger charge is 2.28. The number of nitro benzene ring substituents is 1. The number of nitrogens with one attached hydrogen (secondary N) is 2. The molecule has 1 aliphatic rings. The van der Waals surface area contributed by atoms with Gasteiger partial charge in [0, 0.05) is 35.9 Å². The van der Waals surface area contributed by atoms with Crippen LogP contribution < -0.4 is 10.6 Å². The highest BCUT2D eigenvalue weighted by atomic mass is 32.1. The van der Waals surface area contributed by atoms with Crippen LogP contribution in [0.4, 0.5) is 17.2 Å². The first-order chi connectivity index (χ1) is 17.6. The van der Waals surface area contributed by atoms with Crippen molar-refractivity contribution in [2.75, 3.05) is 17.2 Å². The van der Waals surface area contributed by atoms with Crippen molar-refractivity contribution in [1.82, 2.24) is 15.0 Å². The van der Waals surface area contributed by atoms with Crippen LogP contribution in [0.1, 0.15) is 44.5 Å². The summed E-state index contributed by atoms with van der Waals surface area (Å²) in [4.78, 5) is 37.9. The van der Waals surface area contributed by atoms with Crippen molar-refractivity contribution in [2.24, 2.45) is 5.92 Å². The molecule has 2 N–H and O–H groups in total. The number of aromatic nitrogens is 3. The van der Waals surface area contributed by atoms with Gasteiger partial charge in [-0.25, -0.2) is 15.0 Å². The highest BCUT2D eigenvalue weighted by Crippen LogP contribution is 2.38. The molecule has 0 unspecified atom stereocenters. The summed E-state index contributed by atoms with van der Waals surface area (Å²) in [5.74, 6) is 0.168. The molecule has 1 aliphatic heterocycles. The van der Waals surface area contributed by atoms with Crippen LogP contribution in [0.3, 0.4) is 0 Å². The number of nitro groups is 1. The summed E-state index contributed by atoms with van der Waals surface area (Å²) in [6.45, 7) is 8.67. The average molecular weight is 521 g/mol. The number of anilines is 2. The zero-order valence-electron chi connectivity index (χ0n) is 21.1. The molecule has 0 saturated heterocycles. The molecule has 1 amide bonds. The predicted molar refractivity (Wildman–Crippen MR) is 144 cm³/mol. The summed E-state index contributed by atoms with van der Waals surface area (Å²) in [6, 6.07) is 7.00. The molecular formula is C26H28N6O4S. The molecule has 0 saturated carbocycles. The van der Waals surface area contributed by atoms with Crippen LogP contribution in [0, 0.1) is 16.0 Å². The smallest absolute Gasteiger partial charge is 0.293 e. The Morgan fingerprint density at radius 3 is 2.84 bits per heavy atom.